The SMILES string of the molecule is COc1ccc(C(=O)N2C[C@@H]3CN(C(=O)C4(C)CC4)C[C@@H]3[C@H]2c2ccccc2)cc1C. The first-order chi connectivity index (χ1) is 14.9. The molecule has 0 spiro atoms. The normalized spacial score (nSPS) is 26.0. The number of hydrogen-bond acceptors (Lipinski definition) is 3. The maximum absolute atomic E-state index is 13.6. The van der Waals surface area contributed by atoms with Gasteiger partial charge in [0.25, 0.3) is 5.91 Å². The van der Waals surface area contributed by atoms with Crippen molar-refractivity contribution in [2.45, 2.75) is 32.7 Å². The predicted octanol–water partition coefficient (Wildman–Crippen LogP) is 4.08. The first-order valence-corrected chi connectivity index (χ1v) is 11.2. The molecule has 0 bridgehead atoms. The molecule has 2 heterocycles. The van der Waals surface area contributed by atoms with Crippen molar-refractivity contribution in [3.8, 4) is 5.75 Å². The van der Waals surface area contributed by atoms with Crippen molar-refractivity contribution in [1.82, 2.24) is 9.80 Å². The highest BCUT2D eigenvalue weighted by atomic mass is 16.5. The molecule has 5 rings (SSSR count). The van der Waals surface area contributed by atoms with Crippen LogP contribution in [0.1, 0.15) is 47.3 Å². The number of carbonyl (C=O) groups excluding carboxylic acids is 2. The molecular weight excluding hydrogens is 388 g/mol. The second-order valence-corrected chi connectivity index (χ2v) is 9.69. The van der Waals surface area contributed by atoms with Gasteiger partial charge in [-0.1, -0.05) is 37.3 Å². The molecule has 2 aliphatic heterocycles. The summed E-state index contributed by atoms with van der Waals surface area (Å²) in [4.78, 5) is 30.7. The molecule has 0 aromatic heterocycles. The summed E-state index contributed by atoms with van der Waals surface area (Å²) in [7, 11) is 1.64. The Balaban J connectivity index is 1.44. The summed E-state index contributed by atoms with van der Waals surface area (Å²) in [6.07, 6.45) is 2.00. The predicted molar refractivity (Wildman–Crippen MR) is 119 cm³/mol. The van der Waals surface area contributed by atoms with E-state index in [-0.39, 0.29) is 23.3 Å². The Bertz CT molecular complexity index is 1010. The highest BCUT2D eigenvalue weighted by molar-refractivity contribution is 5.95. The van der Waals surface area contributed by atoms with Crippen molar-refractivity contribution in [3.05, 3.63) is 65.2 Å². The fraction of sp³-hybridized carbons (Fsp3) is 0.462. The van der Waals surface area contributed by atoms with E-state index in [2.05, 4.69) is 24.0 Å². The summed E-state index contributed by atoms with van der Waals surface area (Å²) in [5.41, 5.74) is 2.66. The van der Waals surface area contributed by atoms with Gasteiger partial charge in [-0.25, -0.2) is 0 Å². The number of fused-ring (bicyclic) bond motifs is 1. The fourth-order valence-electron chi connectivity index (χ4n) is 5.46. The number of carbonyl (C=O) groups is 2. The molecule has 2 aromatic rings. The number of hydrogen-bond donors (Lipinski definition) is 0. The molecule has 31 heavy (non-hydrogen) atoms. The minimum Gasteiger partial charge on any atom is -0.496 e. The van der Waals surface area contributed by atoms with Gasteiger partial charge in [0.1, 0.15) is 5.75 Å². The Hall–Kier alpha value is -2.82. The van der Waals surface area contributed by atoms with E-state index in [0.717, 1.165) is 42.8 Å². The lowest BCUT2D eigenvalue weighted by molar-refractivity contribution is -0.135. The van der Waals surface area contributed by atoms with E-state index >= 15 is 0 Å². The molecule has 162 valence electrons. The van der Waals surface area contributed by atoms with Crippen molar-refractivity contribution in [2.75, 3.05) is 26.7 Å². The Kier molecular flexibility index (Phi) is 4.80. The van der Waals surface area contributed by atoms with Gasteiger partial charge in [-0.3, -0.25) is 9.59 Å². The van der Waals surface area contributed by atoms with Crippen LogP contribution in [0, 0.1) is 24.2 Å². The molecule has 3 aliphatic rings. The summed E-state index contributed by atoms with van der Waals surface area (Å²) >= 11 is 0. The molecular formula is C26H30N2O3. The average Bonchev–Trinajstić information content (AvgIpc) is 3.25. The van der Waals surface area contributed by atoms with Crippen molar-refractivity contribution in [2.24, 2.45) is 17.3 Å². The van der Waals surface area contributed by atoms with Crippen LogP contribution in [0.15, 0.2) is 48.5 Å². The third-order valence-electron chi connectivity index (χ3n) is 7.51. The molecule has 1 saturated carbocycles. The standard InChI is InChI=1S/C26H30N2O3/c1-17-13-19(9-10-22(17)31-3)24(29)28-15-20-14-27(25(30)26(2)11-12-26)16-21(20)23(28)18-7-5-4-6-8-18/h4-10,13,20-21,23H,11-12,14-16H2,1-3H3/t20-,21-,23+/m0/s1. The smallest absolute Gasteiger partial charge is 0.254 e. The summed E-state index contributed by atoms with van der Waals surface area (Å²) < 4.78 is 5.36. The third-order valence-corrected chi connectivity index (χ3v) is 7.51. The van der Waals surface area contributed by atoms with Gasteiger partial charge in [0.2, 0.25) is 5.91 Å². The highest BCUT2D eigenvalue weighted by Gasteiger charge is 2.54. The molecule has 0 radical (unpaired) electrons. The number of ether oxygens (including phenoxy) is 1. The van der Waals surface area contributed by atoms with E-state index < -0.39 is 0 Å². The van der Waals surface area contributed by atoms with Crippen molar-refractivity contribution in [1.29, 1.82) is 0 Å². The number of nitrogens with zero attached hydrogens (tertiary/aromatic N) is 2. The Morgan fingerprint density at radius 2 is 1.77 bits per heavy atom. The lowest BCUT2D eigenvalue weighted by atomic mass is 9.89. The van der Waals surface area contributed by atoms with Crippen LogP contribution in [0.25, 0.3) is 0 Å². The van der Waals surface area contributed by atoms with Gasteiger partial charge in [-0.15, -0.1) is 0 Å². The summed E-state index contributed by atoms with van der Waals surface area (Å²) in [5, 5.41) is 0. The quantitative estimate of drug-likeness (QED) is 0.752. The van der Waals surface area contributed by atoms with E-state index in [1.54, 1.807) is 7.11 Å². The minimum atomic E-state index is -0.142. The Labute approximate surface area is 184 Å². The van der Waals surface area contributed by atoms with Crippen LogP contribution < -0.4 is 4.74 Å². The minimum absolute atomic E-state index is 0.00841. The number of rotatable bonds is 4. The van der Waals surface area contributed by atoms with Crippen molar-refractivity contribution in [3.63, 3.8) is 0 Å². The van der Waals surface area contributed by atoms with Gasteiger partial charge < -0.3 is 14.5 Å². The molecule has 0 unspecified atom stereocenters. The molecule has 5 heteroatoms. The van der Waals surface area contributed by atoms with E-state index in [1.165, 1.54) is 0 Å². The number of amides is 2. The lowest BCUT2D eigenvalue weighted by Gasteiger charge is -2.31. The van der Waals surface area contributed by atoms with Gasteiger partial charge in [0.15, 0.2) is 0 Å². The largest absolute Gasteiger partial charge is 0.496 e. The average molecular weight is 419 g/mol. The van der Waals surface area contributed by atoms with Crippen LogP contribution in [0.4, 0.5) is 0 Å². The van der Waals surface area contributed by atoms with Crippen LogP contribution in [0.3, 0.4) is 0 Å². The molecule has 5 nitrogen and oxygen atoms in total. The van der Waals surface area contributed by atoms with Crippen LogP contribution >= 0.6 is 0 Å². The van der Waals surface area contributed by atoms with Crippen LogP contribution in [-0.4, -0.2) is 48.4 Å². The summed E-state index contributed by atoms with van der Waals surface area (Å²) in [5.74, 6) is 1.74. The monoisotopic (exact) mass is 418 g/mol. The maximum atomic E-state index is 13.6. The van der Waals surface area contributed by atoms with Gasteiger partial charge in [-0.05, 0) is 49.1 Å². The molecule has 3 fully saturated rings. The van der Waals surface area contributed by atoms with Crippen molar-refractivity contribution < 1.29 is 14.3 Å². The number of methoxy groups -OCH3 is 1. The van der Waals surface area contributed by atoms with Crippen LogP contribution in [-0.2, 0) is 4.79 Å². The zero-order chi connectivity index (χ0) is 21.8. The summed E-state index contributed by atoms with van der Waals surface area (Å²) in [6, 6.07) is 15.9. The second kappa shape index (κ2) is 7.40. The first-order valence-electron chi connectivity index (χ1n) is 11.2. The maximum Gasteiger partial charge on any atom is 0.254 e. The van der Waals surface area contributed by atoms with Crippen LogP contribution in [0.2, 0.25) is 0 Å². The molecule has 2 aromatic carbocycles. The molecule has 2 amide bonds. The van der Waals surface area contributed by atoms with Gasteiger partial charge in [0.05, 0.1) is 13.2 Å². The summed E-state index contributed by atoms with van der Waals surface area (Å²) in [6.45, 7) is 6.23. The Morgan fingerprint density at radius 3 is 2.42 bits per heavy atom. The van der Waals surface area contributed by atoms with Crippen molar-refractivity contribution >= 4 is 11.8 Å². The number of aryl methyl sites for hydroxylation is 1. The van der Waals surface area contributed by atoms with E-state index in [1.807, 2.05) is 48.2 Å². The molecule has 2 saturated heterocycles. The van der Waals surface area contributed by atoms with E-state index in [9.17, 15) is 9.59 Å². The number of likely N-dealkylation sites (tertiary alicyclic amines) is 2. The zero-order valence-electron chi connectivity index (χ0n) is 18.5. The van der Waals surface area contributed by atoms with Gasteiger partial charge in [-0.2, -0.15) is 0 Å². The second-order valence-electron chi connectivity index (χ2n) is 9.69. The number of benzene rings is 2. The van der Waals surface area contributed by atoms with Gasteiger partial charge in [0, 0.05) is 42.4 Å². The zero-order valence-corrected chi connectivity index (χ0v) is 18.5. The first kappa shape index (κ1) is 20.1. The lowest BCUT2D eigenvalue weighted by Crippen LogP contribution is -2.39. The third kappa shape index (κ3) is 3.40. The molecule has 3 atom stereocenters. The van der Waals surface area contributed by atoms with E-state index in [0.29, 0.717) is 23.9 Å². The Morgan fingerprint density at radius 1 is 1.03 bits per heavy atom. The van der Waals surface area contributed by atoms with Crippen LogP contribution in [0.5, 0.6) is 5.75 Å². The highest BCUT2D eigenvalue weighted by Crippen LogP contribution is 2.50. The fourth-order valence-corrected chi connectivity index (χ4v) is 5.46. The van der Waals surface area contributed by atoms with Gasteiger partial charge >= 0.3 is 0 Å². The van der Waals surface area contributed by atoms with E-state index in [4.69, 9.17) is 4.74 Å². The molecule has 0 N–H and O–H groups in total. The topological polar surface area (TPSA) is 49.9 Å². The molecule has 1 aliphatic carbocycles.